The van der Waals surface area contributed by atoms with Gasteiger partial charge in [0, 0.05) is 28.7 Å². The number of hydrogen-bond acceptors (Lipinski definition) is 1. The van der Waals surface area contributed by atoms with Crippen molar-refractivity contribution in [1.82, 2.24) is 0 Å². The van der Waals surface area contributed by atoms with Crippen molar-refractivity contribution in [2.75, 3.05) is 0 Å². The highest BCUT2D eigenvalue weighted by molar-refractivity contribution is 7.91. The van der Waals surface area contributed by atoms with Crippen LogP contribution >= 0.6 is 0 Å². The van der Waals surface area contributed by atoms with Crippen molar-refractivity contribution in [3.8, 4) is 0 Å². The van der Waals surface area contributed by atoms with E-state index < -0.39 is 11.2 Å². The molecule has 1 heterocycles. The summed E-state index contributed by atoms with van der Waals surface area (Å²) in [6.07, 6.45) is 0.909. The maximum absolute atomic E-state index is 12.7. The molecule has 2 aromatic rings. The van der Waals surface area contributed by atoms with E-state index in [0.29, 0.717) is 5.92 Å². The maximum atomic E-state index is 12.7. The molecule has 0 radical (unpaired) electrons. The minimum absolute atomic E-state index is 0.470. The van der Waals surface area contributed by atoms with Crippen LogP contribution in [0, 0.1) is 6.92 Å². The maximum Gasteiger partial charge on any atom is 0.162 e. The molecular formula is C17H18OS. The zero-order valence-electron chi connectivity index (χ0n) is 11.6. The lowest BCUT2D eigenvalue weighted by molar-refractivity contribution is 0.589. The van der Waals surface area contributed by atoms with Gasteiger partial charge >= 0.3 is 0 Å². The molecular weight excluding hydrogens is 252 g/mol. The van der Waals surface area contributed by atoms with Gasteiger partial charge in [-0.15, -0.1) is 0 Å². The molecule has 3 rings (SSSR count). The predicted molar refractivity (Wildman–Crippen MR) is 79.2 cm³/mol. The highest BCUT2D eigenvalue weighted by atomic mass is 32.2. The van der Waals surface area contributed by atoms with Crippen LogP contribution in [0.4, 0.5) is 0 Å². The van der Waals surface area contributed by atoms with Crippen LogP contribution in [0.2, 0.25) is 0 Å². The standard InChI is InChI=1S/C17H18OS/c1-11(2)17-12(3)8-9-16-14(17)10-13-6-4-5-7-15(13)19(16)18/h4-9,11H,10H2,1-3H3. The monoisotopic (exact) mass is 270 g/mol. The zero-order valence-corrected chi connectivity index (χ0v) is 12.4. The van der Waals surface area contributed by atoms with Crippen molar-refractivity contribution >= 4 is 11.2 Å². The Hall–Kier alpha value is -1.25. The van der Waals surface area contributed by atoms with Crippen LogP contribution in [0.3, 0.4) is 0 Å². The lowest BCUT2D eigenvalue weighted by atomic mass is 9.89. The van der Waals surface area contributed by atoms with Crippen LogP contribution in [0.5, 0.6) is 0 Å². The second-order valence-corrected chi connectivity index (χ2v) is 6.90. The second-order valence-electron chi connectivity index (χ2n) is 5.48. The first-order valence-electron chi connectivity index (χ1n) is 6.71. The summed E-state index contributed by atoms with van der Waals surface area (Å²) in [5.41, 5.74) is 5.18. The van der Waals surface area contributed by atoms with Crippen molar-refractivity contribution in [3.63, 3.8) is 0 Å². The largest absolute Gasteiger partial charge is 0.606 e. The Labute approximate surface area is 117 Å². The highest BCUT2D eigenvalue weighted by Crippen LogP contribution is 2.38. The average Bonchev–Trinajstić information content (AvgIpc) is 2.38. The average molecular weight is 270 g/mol. The van der Waals surface area contributed by atoms with Crippen LogP contribution in [0.15, 0.2) is 46.2 Å². The third-order valence-corrected chi connectivity index (χ3v) is 5.43. The van der Waals surface area contributed by atoms with Gasteiger partial charge in [-0.3, -0.25) is 0 Å². The molecule has 1 atom stereocenters. The van der Waals surface area contributed by atoms with Gasteiger partial charge in [-0.1, -0.05) is 38.1 Å². The van der Waals surface area contributed by atoms with Gasteiger partial charge in [-0.25, -0.2) is 0 Å². The summed E-state index contributed by atoms with van der Waals surface area (Å²) in [7, 11) is 0. The van der Waals surface area contributed by atoms with Gasteiger partial charge in [-0.05, 0) is 36.1 Å². The molecule has 0 fully saturated rings. The van der Waals surface area contributed by atoms with E-state index in [2.05, 4.69) is 32.9 Å². The number of hydrogen-bond donors (Lipinski definition) is 0. The first kappa shape index (κ1) is 12.8. The molecule has 0 saturated heterocycles. The Bertz CT molecular complexity index is 631. The number of aryl methyl sites for hydroxylation is 1. The van der Waals surface area contributed by atoms with Crippen molar-refractivity contribution in [2.24, 2.45) is 0 Å². The fourth-order valence-electron chi connectivity index (χ4n) is 3.06. The molecule has 0 amide bonds. The molecule has 0 saturated carbocycles. The highest BCUT2D eigenvalue weighted by Gasteiger charge is 2.30. The number of rotatable bonds is 1. The Balaban J connectivity index is 2.23. The molecule has 1 aliphatic heterocycles. The van der Waals surface area contributed by atoms with Gasteiger partial charge in [0.25, 0.3) is 0 Å². The third-order valence-electron chi connectivity index (χ3n) is 3.85. The van der Waals surface area contributed by atoms with Gasteiger partial charge in [0.05, 0.1) is 0 Å². The quantitative estimate of drug-likeness (QED) is 0.713. The van der Waals surface area contributed by atoms with Crippen LogP contribution in [0.25, 0.3) is 0 Å². The van der Waals surface area contributed by atoms with E-state index in [4.69, 9.17) is 0 Å². The Morgan fingerprint density at radius 3 is 2.53 bits per heavy atom. The summed E-state index contributed by atoms with van der Waals surface area (Å²) in [5.74, 6) is 0.470. The topological polar surface area (TPSA) is 23.1 Å². The summed E-state index contributed by atoms with van der Waals surface area (Å²) in [5, 5.41) is 0. The molecule has 98 valence electrons. The molecule has 1 unspecified atom stereocenters. The Kier molecular flexibility index (Phi) is 3.15. The van der Waals surface area contributed by atoms with Crippen LogP contribution in [-0.2, 0) is 17.6 Å². The van der Waals surface area contributed by atoms with Crippen molar-refractivity contribution in [1.29, 1.82) is 0 Å². The summed E-state index contributed by atoms with van der Waals surface area (Å²) in [4.78, 5) is 1.99. The molecule has 0 aromatic heterocycles. The third kappa shape index (κ3) is 1.99. The molecule has 2 aromatic carbocycles. The molecule has 19 heavy (non-hydrogen) atoms. The van der Waals surface area contributed by atoms with Gasteiger partial charge in [-0.2, -0.15) is 0 Å². The van der Waals surface area contributed by atoms with E-state index >= 15 is 0 Å². The Morgan fingerprint density at radius 1 is 1.05 bits per heavy atom. The van der Waals surface area contributed by atoms with Gasteiger partial charge in [0.2, 0.25) is 0 Å². The van der Waals surface area contributed by atoms with Crippen molar-refractivity contribution < 1.29 is 4.55 Å². The lowest BCUT2D eigenvalue weighted by Crippen LogP contribution is -2.17. The predicted octanol–water partition coefficient (Wildman–Crippen LogP) is 4.19. The first-order valence-corrected chi connectivity index (χ1v) is 7.86. The van der Waals surface area contributed by atoms with E-state index in [1.807, 2.05) is 24.3 Å². The summed E-state index contributed by atoms with van der Waals surface area (Å²) >= 11 is -1.03. The van der Waals surface area contributed by atoms with Gasteiger partial charge in [0.15, 0.2) is 9.79 Å². The van der Waals surface area contributed by atoms with Gasteiger partial charge < -0.3 is 4.55 Å². The fraction of sp³-hybridized carbons (Fsp3) is 0.294. The normalized spacial score (nSPS) is 17.2. The van der Waals surface area contributed by atoms with Crippen LogP contribution in [0.1, 0.15) is 42.0 Å². The van der Waals surface area contributed by atoms with E-state index in [1.54, 1.807) is 0 Å². The number of fused-ring (bicyclic) bond motifs is 2. The van der Waals surface area contributed by atoms with E-state index in [1.165, 1.54) is 22.3 Å². The minimum Gasteiger partial charge on any atom is -0.606 e. The lowest BCUT2D eigenvalue weighted by Gasteiger charge is -2.26. The van der Waals surface area contributed by atoms with E-state index in [0.717, 1.165) is 16.2 Å². The summed E-state index contributed by atoms with van der Waals surface area (Å²) in [6, 6.07) is 12.2. The molecule has 0 aliphatic carbocycles. The van der Waals surface area contributed by atoms with E-state index in [-0.39, 0.29) is 0 Å². The Morgan fingerprint density at radius 2 is 1.79 bits per heavy atom. The van der Waals surface area contributed by atoms with Crippen molar-refractivity contribution in [2.45, 2.75) is 42.9 Å². The SMILES string of the molecule is Cc1ccc2c(c1C(C)C)Cc1ccccc1[S+]2[O-]. The van der Waals surface area contributed by atoms with Crippen molar-refractivity contribution in [3.05, 3.63) is 58.7 Å². The summed E-state index contributed by atoms with van der Waals surface area (Å²) in [6.45, 7) is 6.58. The molecule has 1 nitrogen and oxygen atoms in total. The second kappa shape index (κ2) is 4.69. The van der Waals surface area contributed by atoms with E-state index in [9.17, 15) is 4.55 Å². The molecule has 0 N–H and O–H groups in total. The molecule has 1 aliphatic rings. The molecule has 0 spiro atoms. The van der Waals surface area contributed by atoms with Crippen LogP contribution in [-0.4, -0.2) is 4.55 Å². The number of benzene rings is 2. The smallest absolute Gasteiger partial charge is 0.162 e. The molecule has 2 heteroatoms. The first-order chi connectivity index (χ1) is 9.09. The summed E-state index contributed by atoms with van der Waals surface area (Å²) < 4.78 is 12.7. The zero-order chi connectivity index (χ0) is 13.6. The molecule has 0 bridgehead atoms. The van der Waals surface area contributed by atoms with Crippen LogP contribution < -0.4 is 0 Å². The minimum atomic E-state index is -1.03. The fourth-order valence-corrected chi connectivity index (χ4v) is 4.48. The van der Waals surface area contributed by atoms with Gasteiger partial charge in [0.1, 0.15) is 0 Å².